The van der Waals surface area contributed by atoms with Gasteiger partial charge in [-0.2, -0.15) is 0 Å². The van der Waals surface area contributed by atoms with Crippen molar-refractivity contribution in [3.63, 3.8) is 0 Å². The van der Waals surface area contributed by atoms with Gasteiger partial charge in [0.15, 0.2) is 6.10 Å². The Kier molecular flexibility index (Phi) is 36.8. The number of ether oxygens (including phenoxy) is 2. The van der Waals surface area contributed by atoms with E-state index in [-0.39, 0.29) is 84.5 Å². The van der Waals surface area contributed by atoms with Crippen LogP contribution < -0.4 is 74.2 Å². The van der Waals surface area contributed by atoms with Gasteiger partial charge in [0, 0.05) is 26.3 Å². The number of rotatable bonds is 28. The zero-order chi connectivity index (χ0) is 29.9. The predicted octanol–water partition coefficient (Wildman–Crippen LogP) is -0.747. The number of amides is 1. The molecule has 1 amide bonds. The zero-order valence-electron chi connectivity index (χ0n) is 27.0. The second-order valence-corrected chi connectivity index (χ2v) is 11.7. The molecule has 0 unspecified atom stereocenters. The van der Waals surface area contributed by atoms with Crippen LogP contribution in [0.3, 0.4) is 0 Å². The van der Waals surface area contributed by atoms with Gasteiger partial charge in [0.25, 0.3) is 0 Å². The summed E-state index contributed by atoms with van der Waals surface area (Å²) in [6, 6.07) is 0. The average molecular weight is 638 g/mol. The minimum absolute atomic E-state index is 0. The Morgan fingerprint density at radius 2 is 1.10 bits per heavy atom. The molecular formula is C29H54NNa2O9P. The fourth-order valence-electron chi connectivity index (χ4n) is 4.27. The Balaban J connectivity index is -0.00000760. The van der Waals surface area contributed by atoms with Crippen LogP contribution in [0, 0.1) is 0 Å². The topological polar surface area (TPSA) is 154 Å². The summed E-state index contributed by atoms with van der Waals surface area (Å²) >= 11 is 0. The fourth-order valence-corrected chi connectivity index (χ4v) is 4.62. The van der Waals surface area contributed by atoms with E-state index >= 15 is 0 Å². The minimum Gasteiger partial charge on any atom is -0.790 e. The molecule has 0 bridgehead atoms. The smallest absolute Gasteiger partial charge is 0.790 e. The summed E-state index contributed by atoms with van der Waals surface area (Å²) < 4.78 is 25.5. The Hall–Kier alpha value is 0.520. The van der Waals surface area contributed by atoms with Crippen molar-refractivity contribution < 1.29 is 102 Å². The molecule has 0 saturated carbocycles. The molecule has 0 aromatic heterocycles. The standard InChI is InChI=1S/C29H56NO9P.2Na/c1-3-4-5-6-7-9-13-16-19-22-29(33)39-27(25-38-40(34,35)36)24-37-28(32)21-18-15-12-10-8-11-14-17-20-23-30-26(2)31;;/h27H,3-25H2,1-2H3,(H,30,31)(H2,34,35,36);;/q;2*+1/p-2/t27-;;/m1../s1. The molecule has 0 heterocycles. The van der Waals surface area contributed by atoms with Crippen LogP contribution in [0.1, 0.15) is 142 Å². The van der Waals surface area contributed by atoms with Crippen LogP contribution >= 0.6 is 7.82 Å². The van der Waals surface area contributed by atoms with Crippen molar-refractivity contribution in [1.29, 1.82) is 0 Å². The second-order valence-electron chi connectivity index (χ2n) is 10.5. The molecule has 0 aliphatic rings. The molecule has 0 rings (SSSR count). The number of hydrogen-bond acceptors (Lipinski definition) is 9. The molecule has 0 radical (unpaired) electrons. The number of unbranched alkanes of at least 4 members (excludes halogenated alkanes) is 16. The van der Waals surface area contributed by atoms with Gasteiger partial charge in [0.05, 0.1) is 14.4 Å². The number of carbonyl (C=O) groups excluding carboxylic acids is 3. The molecule has 0 fully saturated rings. The van der Waals surface area contributed by atoms with E-state index in [9.17, 15) is 28.7 Å². The number of phosphoric acid groups is 1. The van der Waals surface area contributed by atoms with Crippen LogP contribution in [0.5, 0.6) is 0 Å². The fraction of sp³-hybridized carbons (Fsp3) is 0.897. The summed E-state index contributed by atoms with van der Waals surface area (Å²) in [5.74, 6) is -0.991. The molecule has 0 aliphatic carbocycles. The van der Waals surface area contributed by atoms with E-state index in [0.29, 0.717) is 12.8 Å². The van der Waals surface area contributed by atoms with Gasteiger partial charge in [-0.15, -0.1) is 0 Å². The maximum atomic E-state index is 12.2. The van der Waals surface area contributed by atoms with E-state index in [4.69, 9.17) is 9.47 Å². The van der Waals surface area contributed by atoms with Gasteiger partial charge in [-0.25, -0.2) is 0 Å². The van der Waals surface area contributed by atoms with Crippen LogP contribution in [0.25, 0.3) is 0 Å². The first-order valence-electron chi connectivity index (χ1n) is 15.4. The summed E-state index contributed by atoms with van der Waals surface area (Å²) in [5.41, 5.74) is 0. The van der Waals surface area contributed by atoms with Gasteiger partial charge < -0.3 is 33.7 Å². The Morgan fingerprint density at radius 1 is 0.667 bits per heavy atom. The molecule has 0 aromatic rings. The maximum absolute atomic E-state index is 12.2. The first-order chi connectivity index (χ1) is 19.1. The summed E-state index contributed by atoms with van der Waals surface area (Å²) in [4.78, 5) is 56.8. The largest absolute Gasteiger partial charge is 1.00 e. The molecule has 42 heavy (non-hydrogen) atoms. The van der Waals surface area contributed by atoms with E-state index in [1.807, 2.05) is 0 Å². The van der Waals surface area contributed by atoms with Gasteiger partial charge in [-0.05, 0) is 19.3 Å². The number of esters is 2. The minimum atomic E-state index is -5.25. The summed E-state index contributed by atoms with van der Waals surface area (Å²) in [5, 5.41) is 2.79. The van der Waals surface area contributed by atoms with E-state index in [0.717, 1.165) is 77.2 Å². The number of hydrogen-bond donors (Lipinski definition) is 1. The van der Waals surface area contributed by atoms with Crippen molar-refractivity contribution in [3.8, 4) is 0 Å². The molecular weight excluding hydrogens is 583 g/mol. The van der Waals surface area contributed by atoms with Crippen LogP contribution in [-0.4, -0.2) is 43.7 Å². The molecule has 13 heteroatoms. The summed E-state index contributed by atoms with van der Waals surface area (Å²) in [7, 11) is -5.25. The molecule has 0 aliphatic heterocycles. The first-order valence-corrected chi connectivity index (χ1v) is 16.9. The predicted molar refractivity (Wildman–Crippen MR) is 151 cm³/mol. The normalized spacial score (nSPS) is 11.6. The van der Waals surface area contributed by atoms with Gasteiger partial charge in [0.2, 0.25) is 5.91 Å². The quantitative estimate of drug-likeness (QED) is 0.0505. The maximum Gasteiger partial charge on any atom is 1.00 e. The molecule has 0 spiro atoms. The Morgan fingerprint density at radius 3 is 1.55 bits per heavy atom. The summed E-state index contributed by atoms with van der Waals surface area (Å²) in [6.07, 6.45) is 18.4. The average Bonchev–Trinajstić information content (AvgIpc) is 2.89. The molecule has 0 saturated heterocycles. The number of phosphoric ester groups is 1. The molecule has 0 aromatic carbocycles. The van der Waals surface area contributed by atoms with Crippen LogP contribution in [-0.2, 0) is 32.9 Å². The van der Waals surface area contributed by atoms with Crippen molar-refractivity contribution in [3.05, 3.63) is 0 Å². The van der Waals surface area contributed by atoms with Crippen LogP contribution in [0.4, 0.5) is 0 Å². The van der Waals surface area contributed by atoms with Crippen molar-refractivity contribution >= 4 is 25.7 Å². The van der Waals surface area contributed by atoms with E-state index < -0.39 is 32.5 Å². The monoisotopic (exact) mass is 637 g/mol. The van der Waals surface area contributed by atoms with Gasteiger partial charge >= 0.3 is 71.1 Å². The Labute approximate surface area is 298 Å². The van der Waals surface area contributed by atoms with Gasteiger partial charge in [-0.3, -0.25) is 14.4 Å². The number of carbonyl (C=O) groups is 3. The van der Waals surface area contributed by atoms with Crippen molar-refractivity contribution in [1.82, 2.24) is 5.32 Å². The van der Waals surface area contributed by atoms with Gasteiger partial charge in [-0.1, -0.05) is 103 Å². The van der Waals surface area contributed by atoms with Crippen molar-refractivity contribution in [2.45, 2.75) is 148 Å². The molecule has 236 valence electrons. The van der Waals surface area contributed by atoms with Gasteiger partial charge in [0.1, 0.15) is 6.61 Å². The molecule has 1 atom stereocenters. The van der Waals surface area contributed by atoms with E-state index in [1.54, 1.807) is 0 Å². The second kappa shape index (κ2) is 32.9. The third kappa shape index (κ3) is 36.7. The molecule has 1 N–H and O–H groups in total. The number of nitrogens with one attached hydrogen (secondary N) is 1. The zero-order valence-corrected chi connectivity index (χ0v) is 31.9. The summed E-state index contributed by atoms with van der Waals surface area (Å²) in [6.45, 7) is 3.42. The molecule has 10 nitrogen and oxygen atoms in total. The van der Waals surface area contributed by atoms with Crippen LogP contribution in [0.2, 0.25) is 0 Å². The van der Waals surface area contributed by atoms with Crippen molar-refractivity contribution in [2.24, 2.45) is 0 Å². The van der Waals surface area contributed by atoms with E-state index in [1.165, 1.54) is 39.0 Å². The third-order valence-electron chi connectivity index (χ3n) is 6.56. The SMILES string of the molecule is CCCCCCCCCCCC(=O)O[C@H](COC(=O)CCCCCCCCCCCNC(C)=O)COP(=O)([O-])[O-].[Na+].[Na+]. The van der Waals surface area contributed by atoms with E-state index in [2.05, 4.69) is 16.8 Å². The van der Waals surface area contributed by atoms with Crippen LogP contribution in [0.15, 0.2) is 0 Å². The third-order valence-corrected chi connectivity index (χ3v) is 7.03. The van der Waals surface area contributed by atoms with Crippen molar-refractivity contribution in [2.75, 3.05) is 19.8 Å². The first kappa shape index (κ1) is 46.9. The Bertz CT molecular complexity index is 711.